The Morgan fingerprint density at radius 1 is 1.54 bits per heavy atom. The minimum absolute atomic E-state index is 0.116. The van der Waals surface area contributed by atoms with E-state index in [1.54, 1.807) is 0 Å². The first-order valence-corrected chi connectivity index (χ1v) is 4.81. The van der Waals surface area contributed by atoms with Crippen molar-refractivity contribution in [3.8, 4) is 0 Å². The normalized spacial score (nSPS) is 21.9. The van der Waals surface area contributed by atoms with Gasteiger partial charge in [-0.15, -0.1) is 6.58 Å². The molecule has 2 nitrogen and oxygen atoms in total. The van der Waals surface area contributed by atoms with Crippen LogP contribution in [0.2, 0.25) is 0 Å². The van der Waals surface area contributed by atoms with E-state index in [9.17, 15) is 9.59 Å². The lowest BCUT2D eigenvalue weighted by atomic mass is 9.97. The summed E-state index contributed by atoms with van der Waals surface area (Å²) in [6.07, 6.45) is 3.48. The molecule has 0 aromatic carbocycles. The summed E-state index contributed by atoms with van der Waals surface area (Å²) in [5.74, 6) is -0.0171. The first-order valence-electron chi connectivity index (χ1n) is 4.81. The molecule has 0 heterocycles. The van der Waals surface area contributed by atoms with E-state index in [2.05, 4.69) is 6.58 Å². The van der Waals surface area contributed by atoms with Crippen molar-refractivity contribution in [3.63, 3.8) is 0 Å². The van der Waals surface area contributed by atoms with E-state index in [0.717, 1.165) is 24.8 Å². The van der Waals surface area contributed by atoms with Crippen molar-refractivity contribution < 1.29 is 9.59 Å². The van der Waals surface area contributed by atoms with Crippen molar-refractivity contribution in [1.29, 1.82) is 0 Å². The summed E-state index contributed by atoms with van der Waals surface area (Å²) in [7, 11) is 0. The molecule has 0 bridgehead atoms. The highest BCUT2D eigenvalue weighted by atomic mass is 16.2. The van der Waals surface area contributed by atoms with Crippen LogP contribution in [0.15, 0.2) is 12.2 Å². The quantitative estimate of drug-likeness (QED) is 0.491. The molecule has 0 aliphatic heterocycles. The predicted molar refractivity (Wildman–Crippen MR) is 51.4 cm³/mol. The second kappa shape index (κ2) is 4.35. The van der Waals surface area contributed by atoms with Crippen LogP contribution in [0.25, 0.3) is 0 Å². The van der Waals surface area contributed by atoms with Crippen molar-refractivity contribution in [2.75, 3.05) is 0 Å². The van der Waals surface area contributed by atoms with E-state index in [4.69, 9.17) is 0 Å². The zero-order valence-electron chi connectivity index (χ0n) is 8.14. The molecule has 0 spiro atoms. The smallest absolute Gasteiger partial charge is 0.143 e. The van der Waals surface area contributed by atoms with Crippen LogP contribution in [0.5, 0.6) is 0 Å². The van der Waals surface area contributed by atoms with Gasteiger partial charge in [0.2, 0.25) is 0 Å². The minimum Gasteiger partial charge on any atom is -0.299 e. The van der Waals surface area contributed by atoms with Gasteiger partial charge >= 0.3 is 0 Å². The lowest BCUT2D eigenvalue weighted by Crippen LogP contribution is -2.18. The summed E-state index contributed by atoms with van der Waals surface area (Å²) in [6, 6.07) is 0. The number of carbonyl (C=O) groups excluding carboxylic acids is 2. The standard InChI is InChI=1S/C11H16O2/c1-8(2)6-7-11(13)9-4-3-5-10(9)12/h9H,1,3-7H2,2H3. The number of hydrogen-bond acceptors (Lipinski definition) is 2. The molecule has 2 heteroatoms. The van der Waals surface area contributed by atoms with Gasteiger partial charge in [-0.05, 0) is 26.2 Å². The molecule has 1 aliphatic rings. The van der Waals surface area contributed by atoms with Crippen molar-refractivity contribution in [2.24, 2.45) is 5.92 Å². The van der Waals surface area contributed by atoms with Gasteiger partial charge in [-0.2, -0.15) is 0 Å². The largest absolute Gasteiger partial charge is 0.299 e. The zero-order valence-corrected chi connectivity index (χ0v) is 8.14. The van der Waals surface area contributed by atoms with Crippen molar-refractivity contribution in [3.05, 3.63) is 12.2 Å². The average molecular weight is 180 g/mol. The van der Waals surface area contributed by atoms with Crippen LogP contribution in [0, 0.1) is 5.92 Å². The Hall–Kier alpha value is -0.920. The molecule has 1 unspecified atom stereocenters. The predicted octanol–water partition coefficient (Wildman–Crippen LogP) is 2.28. The summed E-state index contributed by atoms with van der Waals surface area (Å²) in [5.41, 5.74) is 1.01. The molecule has 0 aromatic heterocycles. The van der Waals surface area contributed by atoms with Crippen molar-refractivity contribution in [1.82, 2.24) is 0 Å². The highest BCUT2D eigenvalue weighted by Crippen LogP contribution is 2.24. The molecule has 1 aliphatic carbocycles. The number of ketones is 2. The third-order valence-corrected chi connectivity index (χ3v) is 2.49. The van der Waals surface area contributed by atoms with Gasteiger partial charge in [0.1, 0.15) is 11.6 Å². The van der Waals surface area contributed by atoms with Gasteiger partial charge in [0, 0.05) is 12.8 Å². The van der Waals surface area contributed by atoms with Gasteiger partial charge in [-0.25, -0.2) is 0 Å². The molecule has 0 amide bonds. The number of hydrogen-bond donors (Lipinski definition) is 0. The van der Waals surface area contributed by atoms with Crippen LogP contribution < -0.4 is 0 Å². The molecule has 0 saturated heterocycles. The van der Waals surface area contributed by atoms with Gasteiger partial charge in [-0.1, -0.05) is 5.57 Å². The summed E-state index contributed by atoms with van der Waals surface area (Å²) < 4.78 is 0. The van der Waals surface area contributed by atoms with Crippen LogP contribution in [0.1, 0.15) is 39.0 Å². The molecule has 0 N–H and O–H groups in total. The fourth-order valence-electron chi connectivity index (χ4n) is 1.67. The van der Waals surface area contributed by atoms with E-state index < -0.39 is 0 Å². The zero-order chi connectivity index (χ0) is 9.84. The third-order valence-electron chi connectivity index (χ3n) is 2.49. The van der Waals surface area contributed by atoms with Crippen LogP contribution >= 0.6 is 0 Å². The number of Topliss-reactive ketones (excluding diaryl/α,β-unsaturated/α-hetero) is 2. The monoisotopic (exact) mass is 180 g/mol. The van der Waals surface area contributed by atoms with E-state index in [1.807, 2.05) is 6.92 Å². The first-order chi connectivity index (χ1) is 6.11. The van der Waals surface area contributed by atoms with E-state index in [-0.39, 0.29) is 17.5 Å². The van der Waals surface area contributed by atoms with Crippen LogP contribution in [-0.2, 0) is 9.59 Å². The molecule has 72 valence electrons. The fraction of sp³-hybridized carbons (Fsp3) is 0.636. The fourth-order valence-corrected chi connectivity index (χ4v) is 1.67. The summed E-state index contributed by atoms with van der Waals surface area (Å²) in [4.78, 5) is 22.7. The molecule has 1 fully saturated rings. The Balaban J connectivity index is 2.39. The Bertz CT molecular complexity index is 240. The minimum atomic E-state index is -0.278. The second-order valence-electron chi connectivity index (χ2n) is 3.83. The number of carbonyl (C=O) groups is 2. The van der Waals surface area contributed by atoms with E-state index in [1.165, 1.54) is 0 Å². The maximum absolute atomic E-state index is 11.5. The third kappa shape index (κ3) is 2.79. The molecule has 1 saturated carbocycles. The molecule has 1 atom stereocenters. The molecular weight excluding hydrogens is 164 g/mol. The molecular formula is C11H16O2. The van der Waals surface area contributed by atoms with E-state index >= 15 is 0 Å². The summed E-state index contributed by atoms with van der Waals surface area (Å²) in [5, 5.41) is 0. The first kappa shape index (κ1) is 10.2. The second-order valence-corrected chi connectivity index (χ2v) is 3.83. The van der Waals surface area contributed by atoms with Gasteiger partial charge in [-0.3, -0.25) is 9.59 Å². The summed E-state index contributed by atoms with van der Waals surface area (Å²) in [6.45, 7) is 5.64. The van der Waals surface area contributed by atoms with Gasteiger partial charge in [0.25, 0.3) is 0 Å². The van der Waals surface area contributed by atoms with Crippen LogP contribution in [0.4, 0.5) is 0 Å². The molecule has 1 rings (SSSR count). The maximum Gasteiger partial charge on any atom is 0.143 e. The van der Waals surface area contributed by atoms with Gasteiger partial charge in [0.15, 0.2) is 0 Å². The highest BCUT2D eigenvalue weighted by Gasteiger charge is 2.29. The Labute approximate surface area is 79.0 Å². The van der Waals surface area contributed by atoms with Crippen LogP contribution in [-0.4, -0.2) is 11.6 Å². The molecule has 13 heavy (non-hydrogen) atoms. The topological polar surface area (TPSA) is 34.1 Å². The lowest BCUT2D eigenvalue weighted by molar-refractivity contribution is -0.130. The van der Waals surface area contributed by atoms with Crippen LogP contribution in [0.3, 0.4) is 0 Å². The lowest BCUT2D eigenvalue weighted by Gasteiger charge is -2.05. The Morgan fingerprint density at radius 3 is 2.69 bits per heavy atom. The van der Waals surface area contributed by atoms with Crippen molar-refractivity contribution in [2.45, 2.75) is 39.0 Å². The maximum atomic E-state index is 11.5. The Morgan fingerprint density at radius 2 is 2.23 bits per heavy atom. The number of allylic oxidation sites excluding steroid dienone is 1. The molecule has 0 aromatic rings. The average Bonchev–Trinajstić information content (AvgIpc) is 2.47. The van der Waals surface area contributed by atoms with Gasteiger partial charge < -0.3 is 0 Å². The summed E-state index contributed by atoms with van der Waals surface area (Å²) >= 11 is 0. The highest BCUT2D eigenvalue weighted by molar-refractivity contribution is 6.03. The molecule has 0 radical (unpaired) electrons. The SMILES string of the molecule is C=C(C)CCC(=O)C1CCCC1=O. The van der Waals surface area contributed by atoms with Gasteiger partial charge in [0.05, 0.1) is 5.92 Å². The van der Waals surface area contributed by atoms with Crippen molar-refractivity contribution >= 4 is 11.6 Å². The Kier molecular flexibility index (Phi) is 3.40. The number of rotatable bonds is 4. The van der Waals surface area contributed by atoms with E-state index in [0.29, 0.717) is 12.8 Å².